The van der Waals surface area contributed by atoms with Crippen LogP contribution in [0, 0.1) is 5.92 Å². The van der Waals surface area contributed by atoms with Crippen LogP contribution in [-0.4, -0.2) is 63.2 Å². The van der Waals surface area contributed by atoms with E-state index in [9.17, 15) is 13.2 Å². The molecule has 1 unspecified atom stereocenters. The molecule has 1 heterocycles. The Hall–Kier alpha value is -2.00. The lowest BCUT2D eigenvalue weighted by atomic mass is 10.2. The van der Waals surface area contributed by atoms with E-state index in [0.717, 1.165) is 19.6 Å². The Labute approximate surface area is 164 Å². The minimum atomic E-state index is -4.73. The fourth-order valence-electron chi connectivity index (χ4n) is 3.07. The Morgan fingerprint density at radius 3 is 2.75 bits per heavy atom. The molecule has 1 aliphatic heterocycles. The number of ether oxygens (including phenoxy) is 2. The van der Waals surface area contributed by atoms with Crippen LogP contribution in [0.1, 0.15) is 19.4 Å². The number of benzene rings is 1. The van der Waals surface area contributed by atoms with E-state index in [2.05, 4.69) is 39.1 Å². The maximum absolute atomic E-state index is 12.5. The predicted octanol–water partition coefficient (Wildman–Crippen LogP) is 2.61. The van der Waals surface area contributed by atoms with Crippen molar-refractivity contribution in [2.24, 2.45) is 10.9 Å². The SMILES string of the molecule is CN=C(NCc1ccccc1OC(F)(F)F)NCC1CN(CC(C)C)CCO1. The van der Waals surface area contributed by atoms with E-state index < -0.39 is 6.36 Å². The third-order valence-corrected chi connectivity index (χ3v) is 4.21. The number of halogens is 3. The first-order valence-electron chi connectivity index (χ1n) is 9.39. The molecule has 0 amide bonds. The van der Waals surface area contributed by atoms with Gasteiger partial charge in [-0.1, -0.05) is 32.0 Å². The van der Waals surface area contributed by atoms with Gasteiger partial charge in [-0.2, -0.15) is 0 Å². The van der Waals surface area contributed by atoms with E-state index in [-0.39, 0.29) is 18.4 Å². The van der Waals surface area contributed by atoms with Crippen LogP contribution in [0.25, 0.3) is 0 Å². The van der Waals surface area contributed by atoms with Gasteiger partial charge in [0.25, 0.3) is 0 Å². The zero-order valence-electron chi connectivity index (χ0n) is 16.6. The summed E-state index contributed by atoms with van der Waals surface area (Å²) in [6, 6.07) is 6.03. The zero-order chi connectivity index (χ0) is 20.6. The van der Waals surface area contributed by atoms with Crippen molar-refractivity contribution in [3.05, 3.63) is 29.8 Å². The summed E-state index contributed by atoms with van der Waals surface area (Å²) in [6.07, 6.45) is -4.69. The minimum absolute atomic E-state index is 0.0342. The second-order valence-corrected chi connectivity index (χ2v) is 7.11. The molecular formula is C19H29F3N4O2. The van der Waals surface area contributed by atoms with Gasteiger partial charge in [0.15, 0.2) is 5.96 Å². The van der Waals surface area contributed by atoms with E-state index in [1.807, 2.05) is 0 Å². The summed E-state index contributed by atoms with van der Waals surface area (Å²) in [5.74, 6) is 0.865. The smallest absolute Gasteiger partial charge is 0.405 e. The average Bonchev–Trinajstić information content (AvgIpc) is 2.61. The van der Waals surface area contributed by atoms with E-state index in [1.54, 1.807) is 19.2 Å². The number of nitrogens with zero attached hydrogens (tertiary/aromatic N) is 2. The summed E-state index contributed by atoms with van der Waals surface area (Å²) in [6.45, 7) is 8.58. The molecular weight excluding hydrogens is 373 g/mol. The molecule has 1 aliphatic rings. The van der Waals surface area contributed by atoms with Gasteiger partial charge in [-0.05, 0) is 12.0 Å². The molecule has 0 aliphatic carbocycles. The van der Waals surface area contributed by atoms with Gasteiger partial charge in [-0.25, -0.2) is 0 Å². The highest BCUT2D eigenvalue weighted by molar-refractivity contribution is 5.79. The van der Waals surface area contributed by atoms with Crippen molar-refractivity contribution in [3.8, 4) is 5.75 Å². The number of morpholine rings is 1. The molecule has 0 spiro atoms. The Kier molecular flexibility index (Phi) is 8.37. The molecule has 0 radical (unpaired) electrons. The standard InChI is InChI=1S/C19H29F3N4O2/c1-14(2)12-26-8-9-27-16(13-26)11-25-18(23-3)24-10-15-6-4-5-7-17(15)28-19(20,21)22/h4-7,14,16H,8-13H2,1-3H3,(H2,23,24,25). The molecule has 2 rings (SSSR count). The molecule has 2 N–H and O–H groups in total. The number of hydrogen-bond acceptors (Lipinski definition) is 4. The van der Waals surface area contributed by atoms with Crippen molar-refractivity contribution in [2.45, 2.75) is 32.9 Å². The van der Waals surface area contributed by atoms with Gasteiger partial charge in [-0.15, -0.1) is 13.2 Å². The third-order valence-electron chi connectivity index (χ3n) is 4.21. The molecule has 1 aromatic carbocycles. The summed E-state index contributed by atoms with van der Waals surface area (Å²) in [7, 11) is 1.61. The zero-order valence-corrected chi connectivity index (χ0v) is 16.6. The Morgan fingerprint density at radius 2 is 2.07 bits per heavy atom. The number of aliphatic imine (C=N–C) groups is 1. The van der Waals surface area contributed by atoms with Gasteiger partial charge in [0.2, 0.25) is 0 Å². The van der Waals surface area contributed by atoms with Gasteiger partial charge in [-0.3, -0.25) is 9.89 Å². The highest BCUT2D eigenvalue weighted by atomic mass is 19.4. The molecule has 9 heteroatoms. The first kappa shape index (κ1) is 22.3. The molecule has 1 saturated heterocycles. The molecule has 6 nitrogen and oxygen atoms in total. The second-order valence-electron chi connectivity index (χ2n) is 7.11. The lowest BCUT2D eigenvalue weighted by molar-refractivity contribution is -0.274. The van der Waals surface area contributed by atoms with E-state index in [1.165, 1.54) is 12.1 Å². The van der Waals surface area contributed by atoms with Crippen LogP contribution >= 0.6 is 0 Å². The van der Waals surface area contributed by atoms with Crippen molar-refractivity contribution < 1.29 is 22.6 Å². The minimum Gasteiger partial charge on any atom is -0.405 e. The van der Waals surface area contributed by atoms with Crippen LogP contribution in [-0.2, 0) is 11.3 Å². The highest BCUT2D eigenvalue weighted by Crippen LogP contribution is 2.26. The maximum Gasteiger partial charge on any atom is 0.573 e. The highest BCUT2D eigenvalue weighted by Gasteiger charge is 2.32. The van der Waals surface area contributed by atoms with Gasteiger partial charge in [0, 0.05) is 45.3 Å². The van der Waals surface area contributed by atoms with Gasteiger partial charge >= 0.3 is 6.36 Å². The van der Waals surface area contributed by atoms with Crippen LogP contribution in [0.2, 0.25) is 0 Å². The normalized spacial score (nSPS) is 19.0. The molecule has 1 aromatic rings. The van der Waals surface area contributed by atoms with Crippen LogP contribution in [0.5, 0.6) is 5.75 Å². The summed E-state index contributed by atoms with van der Waals surface area (Å²) in [5, 5.41) is 6.19. The average molecular weight is 402 g/mol. The first-order valence-corrected chi connectivity index (χ1v) is 9.39. The largest absolute Gasteiger partial charge is 0.573 e. The molecule has 28 heavy (non-hydrogen) atoms. The van der Waals surface area contributed by atoms with E-state index in [4.69, 9.17) is 4.74 Å². The Morgan fingerprint density at radius 1 is 1.32 bits per heavy atom. The van der Waals surface area contributed by atoms with Crippen LogP contribution in [0.15, 0.2) is 29.3 Å². The fraction of sp³-hybridized carbons (Fsp3) is 0.632. The number of guanidine groups is 1. The van der Waals surface area contributed by atoms with Crippen LogP contribution < -0.4 is 15.4 Å². The number of alkyl halides is 3. The summed E-state index contributed by atoms with van der Waals surface area (Å²) in [4.78, 5) is 6.50. The molecule has 0 saturated carbocycles. The topological polar surface area (TPSA) is 58.1 Å². The number of hydrogen-bond donors (Lipinski definition) is 2. The van der Waals surface area contributed by atoms with Crippen molar-refractivity contribution in [1.82, 2.24) is 15.5 Å². The Bertz CT molecular complexity index is 638. The van der Waals surface area contributed by atoms with Crippen molar-refractivity contribution in [2.75, 3.05) is 39.8 Å². The van der Waals surface area contributed by atoms with Gasteiger partial charge in [0.1, 0.15) is 5.75 Å². The fourth-order valence-corrected chi connectivity index (χ4v) is 3.07. The maximum atomic E-state index is 12.5. The van der Waals surface area contributed by atoms with Crippen LogP contribution in [0.3, 0.4) is 0 Å². The summed E-state index contributed by atoms with van der Waals surface area (Å²) in [5.41, 5.74) is 0.389. The monoisotopic (exact) mass is 402 g/mol. The first-order chi connectivity index (χ1) is 13.3. The summed E-state index contributed by atoms with van der Waals surface area (Å²) >= 11 is 0. The van der Waals surface area contributed by atoms with E-state index in [0.29, 0.717) is 30.6 Å². The molecule has 1 atom stereocenters. The quantitative estimate of drug-likeness (QED) is 0.542. The second kappa shape index (κ2) is 10.5. The molecule has 0 aromatic heterocycles. The summed E-state index contributed by atoms with van der Waals surface area (Å²) < 4.78 is 47.4. The van der Waals surface area contributed by atoms with Crippen LogP contribution in [0.4, 0.5) is 13.2 Å². The number of rotatable bonds is 7. The molecule has 1 fully saturated rings. The van der Waals surface area contributed by atoms with Crippen molar-refractivity contribution in [3.63, 3.8) is 0 Å². The lowest BCUT2D eigenvalue weighted by Crippen LogP contribution is -2.50. The van der Waals surface area contributed by atoms with Gasteiger partial charge < -0.3 is 20.1 Å². The number of nitrogens with one attached hydrogen (secondary N) is 2. The molecule has 0 bridgehead atoms. The van der Waals surface area contributed by atoms with Gasteiger partial charge in [0.05, 0.1) is 12.7 Å². The lowest BCUT2D eigenvalue weighted by Gasteiger charge is -2.34. The predicted molar refractivity (Wildman–Crippen MR) is 102 cm³/mol. The van der Waals surface area contributed by atoms with Crippen molar-refractivity contribution >= 4 is 5.96 Å². The number of para-hydroxylation sites is 1. The van der Waals surface area contributed by atoms with E-state index >= 15 is 0 Å². The Balaban J connectivity index is 1.84. The van der Waals surface area contributed by atoms with Crippen molar-refractivity contribution in [1.29, 1.82) is 0 Å². The third kappa shape index (κ3) is 7.93. The molecule has 158 valence electrons.